The summed E-state index contributed by atoms with van der Waals surface area (Å²) in [5, 5.41) is 0. The lowest BCUT2D eigenvalue weighted by atomic mass is 10.1. The average molecular weight is 310 g/mol. The van der Waals surface area contributed by atoms with Crippen molar-refractivity contribution >= 4 is 22.6 Å². The fourth-order valence-electron chi connectivity index (χ4n) is 3.91. The van der Waals surface area contributed by atoms with Crippen molar-refractivity contribution in [2.45, 2.75) is 50.6 Å². The second-order valence-corrected chi connectivity index (χ2v) is 7.71. The highest BCUT2D eigenvalue weighted by Gasteiger charge is 2.44. The summed E-state index contributed by atoms with van der Waals surface area (Å²) >= 11 is 0. The number of hydrogen-bond donors (Lipinski definition) is 2. The van der Waals surface area contributed by atoms with Crippen molar-refractivity contribution in [2.75, 3.05) is 13.1 Å². The van der Waals surface area contributed by atoms with Gasteiger partial charge in [-0.2, -0.15) is 17.4 Å². The predicted octanol–water partition coefficient (Wildman–Crippen LogP) is 0.854. The number of nitrogens with zero attached hydrogens (tertiary/aromatic N) is 1. The van der Waals surface area contributed by atoms with Crippen LogP contribution in [0.1, 0.15) is 38.5 Å². The molecule has 1 aliphatic heterocycles. The molecule has 5 nitrogen and oxygen atoms in total. The Labute approximate surface area is 121 Å². The highest BCUT2D eigenvalue weighted by Crippen LogP contribution is 2.39. The van der Waals surface area contributed by atoms with Crippen LogP contribution in [0.5, 0.6) is 0 Å². The molecule has 0 radical (unpaired) electrons. The fraction of sp³-hybridized carbons (Fsp3) is 1.00. The summed E-state index contributed by atoms with van der Waals surface area (Å²) < 4.78 is 29.4. The van der Waals surface area contributed by atoms with E-state index in [1.807, 2.05) is 0 Å². The van der Waals surface area contributed by atoms with Gasteiger partial charge in [-0.1, -0.05) is 6.42 Å². The second kappa shape index (κ2) is 5.85. The maximum Gasteiger partial charge on any atom is 0.279 e. The maximum absolute atomic E-state index is 12.4. The van der Waals surface area contributed by atoms with Crippen LogP contribution in [0.25, 0.3) is 0 Å². The van der Waals surface area contributed by atoms with Gasteiger partial charge >= 0.3 is 0 Å². The van der Waals surface area contributed by atoms with Crippen molar-refractivity contribution in [3.8, 4) is 0 Å². The zero-order valence-electron chi connectivity index (χ0n) is 11.1. The highest BCUT2D eigenvalue weighted by molar-refractivity contribution is 7.87. The quantitative estimate of drug-likeness (QED) is 0.808. The number of halogens is 1. The molecule has 1 heterocycles. The minimum atomic E-state index is -3.29. The molecule has 0 aromatic rings. The second-order valence-electron chi connectivity index (χ2n) is 6.06. The van der Waals surface area contributed by atoms with E-state index in [1.54, 1.807) is 4.31 Å². The lowest BCUT2D eigenvalue weighted by Crippen LogP contribution is -2.50. The van der Waals surface area contributed by atoms with Gasteiger partial charge in [0.15, 0.2) is 0 Å². The van der Waals surface area contributed by atoms with Gasteiger partial charge in [-0.3, -0.25) is 0 Å². The van der Waals surface area contributed by atoms with Crippen LogP contribution >= 0.6 is 12.4 Å². The lowest BCUT2D eigenvalue weighted by molar-refractivity contribution is 0.321. The molecule has 4 atom stereocenters. The van der Waals surface area contributed by atoms with Crippen molar-refractivity contribution in [1.29, 1.82) is 0 Å². The van der Waals surface area contributed by atoms with Gasteiger partial charge in [0.25, 0.3) is 10.2 Å². The van der Waals surface area contributed by atoms with E-state index < -0.39 is 10.2 Å². The predicted molar refractivity (Wildman–Crippen MR) is 77.3 cm³/mol. The Balaban J connectivity index is 0.00000133. The number of nitrogens with one attached hydrogen (secondary N) is 1. The average Bonchev–Trinajstić information content (AvgIpc) is 3.03. The van der Waals surface area contributed by atoms with E-state index in [1.165, 1.54) is 6.42 Å². The van der Waals surface area contributed by atoms with E-state index in [9.17, 15) is 8.42 Å². The summed E-state index contributed by atoms with van der Waals surface area (Å²) in [5.74, 6) is 0.917. The molecule has 0 spiro atoms. The molecule has 0 amide bonds. The van der Waals surface area contributed by atoms with E-state index in [0.717, 1.165) is 38.6 Å². The van der Waals surface area contributed by atoms with Gasteiger partial charge in [0.2, 0.25) is 0 Å². The molecule has 2 saturated carbocycles. The van der Waals surface area contributed by atoms with Crippen molar-refractivity contribution in [1.82, 2.24) is 9.03 Å². The van der Waals surface area contributed by atoms with Crippen LogP contribution in [-0.4, -0.2) is 37.9 Å². The monoisotopic (exact) mass is 309 g/mol. The highest BCUT2D eigenvalue weighted by atomic mass is 35.5. The summed E-state index contributed by atoms with van der Waals surface area (Å²) in [6, 6.07) is 0.310. The third-order valence-electron chi connectivity index (χ3n) is 4.93. The molecule has 19 heavy (non-hydrogen) atoms. The van der Waals surface area contributed by atoms with Crippen LogP contribution in [-0.2, 0) is 10.2 Å². The van der Waals surface area contributed by atoms with E-state index >= 15 is 0 Å². The van der Waals surface area contributed by atoms with Gasteiger partial charge < -0.3 is 5.73 Å². The van der Waals surface area contributed by atoms with Crippen LogP contribution in [0.15, 0.2) is 0 Å². The molecule has 2 bridgehead atoms. The molecule has 4 unspecified atom stereocenters. The van der Waals surface area contributed by atoms with E-state index in [4.69, 9.17) is 5.73 Å². The number of hydrogen-bond acceptors (Lipinski definition) is 3. The largest absolute Gasteiger partial charge is 0.330 e. The number of nitrogens with two attached hydrogens (primary N) is 1. The molecule has 112 valence electrons. The van der Waals surface area contributed by atoms with Crippen molar-refractivity contribution < 1.29 is 8.42 Å². The number of rotatable bonds is 4. The number of piperidine rings is 1. The van der Waals surface area contributed by atoms with Crippen molar-refractivity contribution in [3.63, 3.8) is 0 Å². The standard InChI is InChI=1S/C12H23N3O2S.ClH/c13-7-10-2-1-3-12(10)14-18(16,17)15-8-9-4-5-11(15)6-9;/h9-12,14H,1-8,13H2;1H. The van der Waals surface area contributed by atoms with Crippen LogP contribution < -0.4 is 10.5 Å². The molecule has 3 aliphatic rings. The minimum Gasteiger partial charge on any atom is -0.330 e. The topological polar surface area (TPSA) is 75.4 Å². The van der Waals surface area contributed by atoms with Gasteiger partial charge in [-0.25, -0.2) is 0 Å². The Bertz CT molecular complexity index is 417. The smallest absolute Gasteiger partial charge is 0.279 e. The van der Waals surface area contributed by atoms with Crippen molar-refractivity contribution in [3.05, 3.63) is 0 Å². The van der Waals surface area contributed by atoms with Crippen LogP contribution in [0.3, 0.4) is 0 Å². The Morgan fingerprint density at radius 3 is 2.58 bits per heavy atom. The third-order valence-corrected chi connectivity index (χ3v) is 6.60. The Morgan fingerprint density at radius 1 is 1.21 bits per heavy atom. The van der Waals surface area contributed by atoms with E-state index in [0.29, 0.717) is 18.4 Å². The lowest BCUT2D eigenvalue weighted by Gasteiger charge is -2.29. The normalized spacial score (nSPS) is 38.6. The van der Waals surface area contributed by atoms with Gasteiger partial charge in [-0.15, -0.1) is 12.4 Å². The van der Waals surface area contributed by atoms with Crippen LogP contribution in [0, 0.1) is 11.8 Å². The van der Waals surface area contributed by atoms with Crippen molar-refractivity contribution in [2.24, 2.45) is 17.6 Å². The first kappa shape index (κ1) is 15.5. The van der Waals surface area contributed by atoms with Gasteiger partial charge in [-0.05, 0) is 50.5 Å². The van der Waals surface area contributed by atoms with Gasteiger partial charge in [0, 0.05) is 18.6 Å². The molecule has 2 aliphatic carbocycles. The number of fused-ring (bicyclic) bond motifs is 2. The van der Waals surface area contributed by atoms with Crippen LogP contribution in [0.4, 0.5) is 0 Å². The Hall–Kier alpha value is 0.120. The Kier molecular flexibility index (Phi) is 4.78. The molecule has 7 heteroatoms. The molecule has 3 fully saturated rings. The summed E-state index contributed by atoms with van der Waals surface area (Å²) in [7, 11) is -3.29. The summed E-state index contributed by atoms with van der Waals surface area (Å²) in [6.07, 6.45) is 6.37. The Morgan fingerprint density at radius 2 is 2.00 bits per heavy atom. The third kappa shape index (κ3) is 2.93. The van der Waals surface area contributed by atoms with Crippen LogP contribution in [0.2, 0.25) is 0 Å². The first-order valence-corrected chi connectivity index (χ1v) is 8.53. The molecular weight excluding hydrogens is 286 g/mol. The molecule has 3 rings (SSSR count). The summed E-state index contributed by atoms with van der Waals surface area (Å²) in [5.41, 5.74) is 5.71. The molecule has 3 N–H and O–H groups in total. The SMILES string of the molecule is Cl.NCC1CCCC1NS(=O)(=O)N1CC2CCC1C2. The van der Waals surface area contributed by atoms with E-state index in [2.05, 4.69) is 4.72 Å². The summed E-state index contributed by atoms with van der Waals surface area (Å²) in [6.45, 7) is 1.30. The van der Waals surface area contributed by atoms with Gasteiger partial charge in [0.1, 0.15) is 0 Å². The molecule has 0 aromatic carbocycles. The molecule has 0 aromatic heterocycles. The zero-order chi connectivity index (χ0) is 12.8. The maximum atomic E-state index is 12.4. The molecular formula is C12H24ClN3O2S. The molecule has 1 saturated heterocycles. The van der Waals surface area contributed by atoms with Gasteiger partial charge in [0.05, 0.1) is 0 Å². The fourth-order valence-corrected chi connectivity index (χ4v) is 5.73. The minimum absolute atomic E-state index is 0. The van der Waals surface area contributed by atoms with E-state index in [-0.39, 0.29) is 24.5 Å². The first-order chi connectivity index (χ1) is 8.60. The first-order valence-electron chi connectivity index (χ1n) is 7.09. The zero-order valence-corrected chi connectivity index (χ0v) is 12.8. The summed E-state index contributed by atoms with van der Waals surface area (Å²) in [4.78, 5) is 0.